The summed E-state index contributed by atoms with van der Waals surface area (Å²) >= 11 is 5.16. The summed E-state index contributed by atoms with van der Waals surface area (Å²) in [7, 11) is 0. The van der Waals surface area contributed by atoms with E-state index in [4.69, 9.17) is 12.2 Å². The number of aryl methyl sites for hydroxylation is 1. The number of unbranched alkanes of at least 4 members (excludes halogenated alkanes) is 1. The van der Waals surface area contributed by atoms with Crippen molar-refractivity contribution >= 4 is 12.2 Å². The fraction of sp³-hybridized carbons (Fsp3) is 0.600. The van der Waals surface area contributed by atoms with Crippen LogP contribution in [0.3, 0.4) is 0 Å². The summed E-state index contributed by atoms with van der Waals surface area (Å²) in [6.07, 6.45) is 5.16. The van der Waals surface area contributed by atoms with Crippen LogP contribution >= 0.6 is 12.2 Å². The van der Waals surface area contributed by atoms with Crippen molar-refractivity contribution in [2.45, 2.75) is 39.2 Å². The van der Waals surface area contributed by atoms with Crippen LogP contribution in [-0.2, 0) is 6.42 Å². The van der Waals surface area contributed by atoms with Gasteiger partial charge in [0, 0.05) is 6.42 Å². The second kappa shape index (κ2) is 5.10. The van der Waals surface area contributed by atoms with Gasteiger partial charge >= 0.3 is 0 Å². The first-order valence-electron chi connectivity index (χ1n) is 4.99. The van der Waals surface area contributed by atoms with Crippen molar-refractivity contribution < 1.29 is 0 Å². The van der Waals surface area contributed by atoms with Crippen LogP contribution in [0.2, 0.25) is 0 Å². The van der Waals surface area contributed by atoms with Crippen LogP contribution in [0, 0.1) is 4.77 Å². The second-order valence-corrected chi connectivity index (χ2v) is 3.78. The van der Waals surface area contributed by atoms with Gasteiger partial charge in [0.2, 0.25) is 0 Å². The molecule has 0 saturated carbocycles. The molecule has 0 aliphatic rings. The highest BCUT2D eigenvalue weighted by molar-refractivity contribution is 7.71. The molecule has 3 nitrogen and oxygen atoms in total. The Morgan fingerprint density at radius 1 is 1.71 bits per heavy atom. The Morgan fingerprint density at radius 2 is 2.43 bits per heavy atom. The zero-order valence-corrected chi connectivity index (χ0v) is 9.60. The van der Waals surface area contributed by atoms with E-state index in [1.54, 1.807) is 0 Å². The van der Waals surface area contributed by atoms with Crippen molar-refractivity contribution in [3.05, 3.63) is 23.3 Å². The third-order valence-corrected chi connectivity index (χ3v) is 2.57. The van der Waals surface area contributed by atoms with Crippen LogP contribution in [0.4, 0.5) is 0 Å². The fourth-order valence-corrected chi connectivity index (χ4v) is 1.69. The molecule has 1 aromatic rings. The van der Waals surface area contributed by atoms with Crippen molar-refractivity contribution in [2.24, 2.45) is 0 Å². The monoisotopic (exact) mass is 211 g/mol. The number of nitrogens with one attached hydrogen (secondary N) is 1. The first kappa shape index (κ1) is 11.2. The van der Waals surface area contributed by atoms with Crippen LogP contribution in [-0.4, -0.2) is 14.8 Å². The number of hydrogen-bond donors (Lipinski definition) is 1. The molecule has 1 N–H and O–H groups in total. The number of aromatic nitrogens is 3. The van der Waals surface area contributed by atoms with E-state index in [0.717, 1.165) is 18.7 Å². The van der Waals surface area contributed by atoms with E-state index in [-0.39, 0.29) is 6.04 Å². The van der Waals surface area contributed by atoms with Gasteiger partial charge in [-0.2, -0.15) is 5.10 Å². The molecule has 78 valence electrons. The normalized spacial score (nSPS) is 12.7. The lowest BCUT2D eigenvalue weighted by molar-refractivity contribution is 0.598. The zero-order chi connectivity index (χ0) is 10.6. The van der Waals surface area contributed by atoms with Crippen molar-refractivity contribution in [1.82, 2.24) is 14.8 Å². The molecule has 0 amide bonds. The average Bonchev–Trinajstić information content (AvgIpc) is 2.55. The maximum absolute atomic E-state index is 5.16. The summed E-state index contributed by atoms with van der Waals surface area (Å²) in [4.78, 5) is 0. The summed E-state index contributed by atoms with van der Waals surface area (Å²) in [5.74, 6) is 1.03. The minimum absolute atomic E-state index is 0.216. The Balaban J connectivity index is 2.93. The lowest BCUT2D eigenvalue weighted by Crippen LogP contribution is -2.07. The first-order chi connectivity index (χ1) is 6.70. The van der Waals surface area contributed by atoms with E-state index < -0.39 is 0 Å². The van der Waals surface area contributed by atoms with E-state index in [0.29, 0.717) is 4.77 Å². The maximum atomic E-state index is 5.16. The maximum Gasteiger partial charge on any atom is 0.195 e. The smallest absolute Gasteiger partial charge is 0.195 e. The lowest BCUT2D eigenvalue weighted by atomic mass is 10.2. The first-order valence-corrected chi connectivity index (χ1v) is 5.39. The summed E-state index contributed by atoms with van der Waals surface area (Å²) in [5.41, 5.74) is 0. The van der Waals surface area contributed by atoms with Crippen LogP contribution in [0.25, 0.3) is 0 Å². The highest BCUT2D eigenvalue weighted by Gasteiger charge is 2.08. The summed E-state index contributed by atoms with van der Waals surface area (Å²) in [6, 6.07) is 0.216. The Bertz CT molecular complexity index is 350. The van der Waals surface area contributed by atoms with E-state index in [9.17, 15) is 0 Å². The number of nitrogens with zero attached hydrogens (tertiary/aromatic N) is 2. The Morgan fingerprint density at radius 3 is 3.00 bits per heavy atom. The molecule has 0 aliphatic heterocycles. The molecule has 1 aromatic heterocycles. The van der Waals surface area contributed by atoms with Gasteiger partial charge in [-0.1, -0.05) is 19.4 Å². The predicted octanol–water partition coefficient (Wildman–Crippen LogP) is 3.03. The van der Waals surface area contributed by atoms with Crippen LogP contribution < -0.4 is 0 Å². The van der Waals surface area contributed by atoms with Gasteiger partial charge in [0.25, 0.3) is 0 Å². The number of aromatic amines is 1. The third kappa shape index (κ3) is 2.32. The molecule has 1 atom stereocenters. The van der Waals surface area contributed by atoms with Crippen molar-refractivity contribution in [2.75, 3.05) is 0 Å². The molecule has 0 aromatic carbocycles. The van der Waals surface area contributed by atoms with Gasteiger partial charge in [-0.05, 0) is 25.6 Å². The number of H-pyrrole nitrogens is 1. The fourth-order valence-electron chi connectivity index (χ4n) is 1.37. The molecular formula is C10H17N3S. The molecule has 0 radical (unpaired) electrons. The Hall–Kier alpha value is -0.900. The van der Waals surface area contributed by atoms with E-state index in [2.05, 4.69) is 30.6 Å². The van der Waals surface area contributed by atoms with E-state index in [1.807, 2.05) is 10.6 Å². The van der Waals surface area contributed by atoms with Gasteiger partial charge in [0.05, 0.1) is 6.04 Å². The minimum Gasteiger partial charge on any atom is -0.297 e. The second-order valence-electron chi connectivity index (χ2n) is 3.39. The van der Waals surface area contributed by atoms with Gasteiger partial charge in [0.1, 0.15) is 5.82 Å². The topological polar surface area (TPSA) is 33.6 Å². The largest absolute Gasteiger partial charge is 0.297 e. The molecule has 14 heavy (non-hydrogen) atoms. The molecule has 1 rings (SSSR count). The third-order valence-electron chi connectivity index (χ3n) is 2.28. The molecule has 0 bridgehead atoms. The van der Waals surface area contributed by atoms with Gasteiger partial charge in [-0.25, -0.2) is 0 Å². The molecular weight excluding hydrogens is 194 g/mol. The van der Waals surface area contributed by atoms with E-state index >= 15 is 0 Å². The summed E-state index contributed by atoms with van der Waals surface area (Å²) in [5, 5.41) is 7.05. The van der Waals surface area contributed by atoms with E-state index in [1.165, 1.54) is 6.42 Å². The standard InChI is InChI=1S/C10H17N3S/c1-4-6-7-9-11-12-10(14)13(9)8(3)5-2/h5,8H,2,4,6-7H2,1,3H3,(H,12,14). The van der Waals surface area contributed by atoms with Gasteiger partial charge in [-0.15, -0.1) is 6.58 Å². The Kier molecular flexibility index (Phi) is 4.07. The molecule has 4 heteroatoms. The molecule has 0 aliphatic carbocycles. The van der Waals surface area contributed by atoms with Crippen molar-refractivity contribution in [3.63, 3.8) is 0 Å². The molecule has 0 fully saturated rings. The SMILES string of the molecule is C=CC(C)n1c(CCCC)n[nH]c1=S. The highest BCUT2D eigenvalue weighted by Crippen LogP contribution is 2.12. The van der Waals surface area contributed by atoms with Crippen molar-refractivity contribution in [1.29, 1.82) is 0 Å². The van der Waals surface area contributed by atoms with Crippen LogP contribution in [0.5, 0.6) is 0 Å². The summed E-state index contributed by atoms with van der Waals surface area (Å²) < 4.78 is 2.71. The van der Waals surface area contributed by atoms with Gasteiger partial charge in [0.15, 0.2) is 4.77 Å². The summed E-state index contributed by atoms with van der Waals surface area (Å²) in [6.45, 7) is 8.00. The molecule has 1 unspecified atom stereocenters. The number of rotatable bonds is 5. The quantitative estimate of drug-likeness (QED) is 0.600. The number of hydrogen-bond acceptors (Lipinski definition) is 2. The molecule has 0 saturated heterocycles. The van der Waals surface area contributed by atoms with Crippen LogP contribution in [0.1, 0.15) is 38.6 Å². The zero-order valence-electron chi connectivity index (χ0n) is 8.79. The van der Waals surface area contributed by atoms with Crippen molar-refractivity contribution in [3.8, 4) is 0 Å². The minimum atomic E-state index is 0.216. The van der Waals surface area contributed by atoms with Crippen LogP contribution in [0.15, 0.2) is 12.7 Å². The highest BCUT2D eigenvalue weighted by atomic mass is 32.1. The van der Waals surface area contributed by atoms with Gasteiger partial charge in [-0.3, -0.25) is 9.67 Å². The molecule has 1 heterocycles. The van der Waals surface area contributed by atoms with Gasteiger partial charge < -0.3 is 0 Å². The average molecular weight is 211 g/mol. The predicted molar refractivity (Wildman–Crippen MR) is 60.9 cm³/mol. The number of allylic oxidation sites excluding steroid dienone is 1. The molecule has 0 spiro atoms. The lowest BCUT2D eigenvalue weighted by Gasteiger charge is -2.10. The Labute approximate surface area is 89.8 Å².